The number of allylic oxidation sites excluding steroid dienone is 3. The molecule has 0 saturated carbocycles. The lowest BCUT2D eigenvalue weighted by Gasteiger charge is -2.35. The molecule has 0 heterocycles. The van der Waals surface area contributed by atoms with Gasteiger partial charge in [0.1, 0.15) is 5.60 Å². The van der Waals surface area contributed by atoms with E-state index in [2.05, 4.69) is 0 Å². The van der Waals surface area contributed by atoms with E-state index < -0.39 is 11.7 Å². The maximum Gasteiger partial charge on any atom is 0.155 e. The largest absolute Gasteiger partial charge is 0.390 e. The fourth-order valence-corrected chi connectivity index (χ4v) is 2.28. The van der Waals surface area contributed by atoms with Crippen molar-refractivity contribution in [2.75, 3.05) is 0 Å². The van der Waals surface area contributed by atoms with E-state index >= 15 is 0 Å². The van der Waals surface area contributed by atoms with Crippen molar-refractivity contribution in [3.63, 3.8) is 0 Å². The minimum atomic E-state index is -1.14. The lowest BCUT2D eigenvalue weighted by atomic mass is 9.77. The molecule has 0 amide bonds. The summed E-state index contributed by atoms with van der Waals surface area (Å²) < 4.78 is 0. The van der Waals surface area contributed by atoms with E-state index in [0.717, 1.165) is 5.57 Å². The zero-order valence-electron chi connectivity index (χ0n) is 11.7. The molecule has 18 heavy (non-hydrogen) atoms. The van der Waals surface area contributed by atoms with Crippen LogP contribution in [0.2, 0.25) is 0 Å². The minimum Gasteiger partial charge on any atom is -0.390 e. The first-order valence-corrected chi connectivity index (χ1v) is 6.50. The van der Waals surface area contributed by atoms with Gasteiger partial charge in [0.05, 0.1) is 6.10 Å². The number of aliphatic hydroxyl groups excluding tert-OH is 1. The number of carbonyl (C=O) groups excluding carboxylic acids is 1. The molecule has 0 radical (unpaired) electrons. The number of carbonyl (C=O) groups is 1. The van der Waals surface area contributed by atoms with Gasteiger partial charge in [0.25, 0.3) is 0 Å². The Kier molecular flexibility index (Phi) is 4.88. The van der Waals surface area contributed by atoms with E-state index in [0.29, 0.717) is 12.8 Å². The highest BCUT2D eigenvalue weighted by Crippen LogP contribution is 2.31. The highest BCUT2D eigenvalue weighted by molar-refractivity contribution is 5.90. The Morgan fingerprint density at radius 1 is 1.56 bits per heavy atom. The van der Waals surface area contributed by atoms with Crippen LogP contribution in [0.4, 0.5) is 0 Å². The molecule has 2 unspecified atom stereocenters. The molecule has 1 aliphatic rings. The van der Waals surface area contributed by atoms with Crippen LogP contribution in [0.1, 0.15) is 40.5 Å². The summed E-state index contributed by atoms with van der Waals surface area (Å²) >= 11 is 0. The molecule has 4 atom stereocenters. The molecule has 0 aliphatic heterocycles. The molecular formula is C15H24O3. The molecule has 2 N–H and O–H groups in total. The van der Waals surface area contributed by atoms with Gasteiger partial charge in [-0.2, -0.15) is 0 Å². The summed E-state index contributed by atoms with van der Waals surface area (Å²) in [5, 5.41) is 19.7. The Morgan fingerprint density at radius 3 is 2.67 bits per heavy atom. The first-order chi connectivity index (χ1) is 8.22. The van der Waals surface area contributed by atoms with Gasteiger partial charge in [-0.3, -0.25) is 4.79 Å². The number of aliphatic hydroxyl groups is 2. The fourth-order valence-electron chi connectivity index (χ4n) is 2.28. The van der Waals surface area contributed by atoms with Gasteiger partial charge < -0.3 is 10.2 Å². The van der Waals surface area contributed by atoms with E-state index in [4.69, 9.17) is 0 Å². The summed E-state index contributed by atoms with van der Waals surface area (Å²) in [4.78, 5) is 11.7. The summed E-state index contributed by atoms with van der Waals surface area (Å²) in [7, 11) is 0. The third kappa shape index (κ3) is 4.07. The molecule has 1 aliphatic carbocycles. The number of rotatable bonds is 4. The van der Waals surface area contributed by atoms with Crippen molar-refractivity contribution < 1.29 is 15.0 Å². The maximum absolute atomic E-state index is 11.7. The summed E-state index contributed by atoms with van der Waals surface area (Å²) in [6.45, 7) is 7.43. The molecule has 1 rings (SSSR count). The zero-order chi connectivity index (χ0) is 13.9. The molecule has 0 aromatic carbocycles. The Balaban J connectivity index is 2.62. The van der Waals surface area contributed by atoms with Gasteiger partial charge in [0.2, 0.25) is 0 Å². The van der Waals surface area contributed by atoms with Crippen LogP contribution in [-0.2, 0) is 4.79 Å². The highest BCUT2D eigenvalue weighted by Gasteiger charge is 2.34. The van der Waals surface area contributed by atoms with Gasteiger partial charge in [0.15, 0.2) is 5.78 Å². The van der Waals surface area contributed by atoms with Crippen molar-refractivity contribution in [2.45, 2.75) is 52.2 Å². The SMILES string of the molecule is CC(C)=CC(=O)CC(C)[C@@H]1C=C[C@](C)(O)C(O)C1. The monoisotopic (exact) mass is 252 g/mol. The number of ketones is 1. The third-order valence-electron chi connectivity index (χ3n) is 3.55. The third-order valence-corrected chi connectivity index (χ3v) is 3.55. The molecule has 3 heteroatoms. The van der Waals surface area contributed by atoms with Crippen molar-refractivity contribution in [1.29, 1.82) is 0 Å². The number of hydrogen-bond donors (Lipinski definition) is 2. The van der Waals surface area contributed by atoms with Gasteiger partial charge >= 0.3 is 0 Å². The molecule has 0 saturated heterocycles. The first-order valence-electron chi connectivity index (χ1n) is 6.50. The van der Waals surface area contributed by atoms with E-state index in [9.17, 15) is 15.0 Å². The maximum atomic E-state index is 11.7. The Labute approximate surface area is 109 Å². The lowest BCUT2D eigenvalue weighted by molar-refractivity contribution is -0.115. The van der Waals surface area contributed by atoms with Crippen molar-refractivity contribution in [1.82, 2.24) is 0 Å². The van der Waals surface area contributed by atoms with Crippen LogP contribution < -0.4 is 0 Å². The van der Waals surface area contributed by atoms with Gasteiger partial charge in [-0.25, -0.2) is 0 Å². The first kappa shape index (κ1) is 15.1. The van der Waals surface area contributed by atoms with Crippen LogP contribution in [0.15, 0.2) is 23.8 Å². The average Bonchev–Trinajstić information content (AvgIpc) is 2.20. The van der Waals surface area contributed by atoms with Crippen molar-refractivity contribution in [2.24, 2.45) is 11.8 Å². The molecule has 3 nitrogen and oxygen atoms in total. The molecule has 0 aromatic heterocycles. The van der Waals surface area contributed by atoms with Gasteiger partial charge in [-0.15, -0.1) is 0 Å². The molecule has 0 bridgehead atoms. The summed E-state index contributed by atoms with van der Waals surface area (Å²) in [5.74, 6) is 0.451. The van der Waals surface area contributed by atoms with Gasteiger partial charge in [-0.05, 0) is 45.1 Å². The van der Waals surface area contributed by atoms with Crippen LogP contribution in [0, 0.1) is 11.8 Å². The quantitative estimate of drug-likeness (QED) is 0.596. The molecule has 0 fully saturated rings. The second-order valence-electron chi connectivity index (χ2n) is 5.87. The zero-order valence-corrected chi connectivity index (χ0v) is 11.7. The van der Waals surface area contributed by atoms with Crippen LogP contribution in [0.5, 0.6) is 0 Å². The standard InChI is InChI=1S/C15H24O3/c1-10(2)7-13(16)8-11(3)12-5-6-15(4,18)14(17)9-12/h5-7,11-12,14,17-18H,8-9H2,1-4H3/t11?,12-,14?,15+/m1/s1. The Morgan fingerprint density at radius 2 is 2.17 bits per heavy atom. The summed E-state index contributed by atoms with van der Waals surface area (Å²) in [6.07, 6.45) is 5.46. The summed E-state index contributed by atoms with van der Waals surface area (Å²) in [5.41, 5.74) is -0.130. The Bertz CT molecular complexity index is 362. The topological polar surface area (TPSA) is 57.5 Å². The average molecular weight is 252 g/mol. The lowest BCUT2D eigenvalue weighted by Crippen LogP contribution is -2.42. The normalized spacial score (nSPS) is 33.0. The van der Waals surface area contributed by atoms with Crippen LogP contribution in [0.3, 0.4) is 0 Å². The van der Waals surface area contributed by atoms with Crippen LogP contribution in [-0.4, -0.2) is 27.7 Å². The van der Waals surface area contributed by atoms with E-state index in [1.54, 1.807) is 19.1 Å². The fraction of sp³-hybridized carbons (Fsp3) is 0.667. The molecular weight excluding hydrogens is 228 g/mol. The van der Waals surface area contributed by atoms with Crippen LogP contribution >= 0.6 is 0 Å². The molecule has 0 aromatic rings. The Hall–Kier alpha value is -0.930. The second kappa shape index (κ2) is 5.81. The van der Waals surface area contributed by atoms with Gasteiger partial charge in [-0.1, -0.05) is 24.6 Å². The van der Waals surface area contributed by atoms with Crippen molar-refractivity contribution in [3.05, 3.63) is 23.8 Å². The predicted octanol–water partition coefficient (Wildman–Crippen LogP) is 2.24. The minimum absolute atomic E-state index is 0.128. The second-order valence-corrected chi connectivity index (χ2v) is 5.87. The van der Waals surface area contributed by atoms with E-state index in [1.165, 1.54) is 0 Å². The van der Waals surface area contributed by atoms with Crippen molar-refractivity contribution in [3.8, 4) is 0 Å². The summed E-state index contributed by atoms with van der Waals surface area (Å²) in [6, 6.07) is 0. The molecule has 0 spiro atoms. The predicted molar refractivity (Wildman–Crippen MR) is 72.1 cm³/mol. The van der Waals surface area contributed by atoms with Crippen LogP contribution in [0.25, 0.3) is 0 Å². The highest BCUT2D eigenvalue weighted by atomic mass is 16.3. The van der Waals surface area contributed by atoms with E-state index in [1.807, 2.05) is 26.8 Å². The van der Waals surface area contributed by atoms with Crippen molar-refractivity contribution >= 4 is 5.78 Å². The molecule has 102 valence electrons. The van der Waals surface area contributed by atoms with Gasteiger partial charge in [0, 0.05) is 6.42 Å². The van der Waals surface area contributed by atoms with E-state index in [-0.39, 0.29) is 17.6 Å². The smallest absolute Gasteiger partial charge is 0.155 e. The number of hydrogen-bond acceptors (Lipinski definition) is 3.